The van der Waals surface area contributed by atoms with Crippen molar-refractivity contribution < 1.29 is 4.39 Å². The minimum Gasteiger partial charge on any atom is -0.271 e. The molecule has 100 valence electrons. The van der Waals surface area contributed by atoms with E-state index in [1.54, 1.807) is 18.5 Å². The second-order valence-corrected chi connectivity index (χ2v) is 4.58. The van der Waals surface area contributed by atoms with Crippen molar-refractivity contribution in [3.63, 3.8) is 0 Å². The summed E-state index contributed by atoms with van der Waals surface area (Å²) >= 11 is 0. The summed E-state index contributed by atoms with van der Waals surface area (Å²) in [6.45, 7) is 3.76. The Kier molecular flexibility index (Phi) is 4.19. The van der Waals surface area contributed by atoms with Gasteiger partial charge in [-0.1, -0.05) is 6.07 Å². The van der Waals surface area contributed by atoms with Crippen molar-refractivity contribution in [2.24, 2.45) is 5.84 Å². The average Bonchev–Trinajstić information content (AvgIpc) is 2.39. The Labute approximate surface area is 111 Å². The fourth-order valence-electron chi connectivity index (χ4n) is 1.94. The highest BCUT2D eigenvalue weighted by Crippen LogP contribution is 2.18. The Hall–Kier alpha value is -1.85. The van der Waals surface area contributed by atoms with Gasteiger partial charge in [0.05, 0.1) is 23.6 Å². The first-order valence-corrected chi connectivity index (χ1v) is 6.10. The van der Waals surface area contributed by atoms with Crippen LogP contribution in [0.15, 0.2) is 30.6 Å². The van der Waals surface area contributed by atoms with E-state index in [-0.39, 0.29) is 11.9 Å². The van der Waals surface area contributed by atoms with Crippen molar-refractivity contribution in [1.82, 2.24) is 15.4 Å². The second kappa shape index (κ2) is 5.86. The lowest BCUT2D eigenvalue weighted by Crippen LogP contribution is -2.30. The largest absolute Gasteiger partial charge is 0.271 e. The maximum absolute atomic E-state index is 13.1. The van der Waals surface area contributed by atoms with Gasteiger partial charge in [0, 0.05) is 6.20 Å². The Balaban J connectivity index is 2.21. The fraction of sp³-hybridized carbons (Fsp3) is 0.286. The van der Waals surface area contributed by atoms with Crippen LogP contribution in [0.3, 0.4) is 0 Å². The molecule has 0 aliphatic heterocycles. The van der Waals surface area contributed by atoms with Gasteiger partial charge in [0.2, 0.25) is 0 Å². The molecule has 1 aromatic heterocycles. The smallest absolute Gasteiger partial charge is 0.123 e. The maximum Gasteiger partial charge on any atom is 0.123 e. The van der Waals surface area contributed by atoms with Gasteiger partial charge in [0.1, 0.15) is 5.82 Å². The zero-order valence-electron chi connectivity index (χ0n) is 11.0. The number of hydrazine groups is 1. The van der Waals surface area contributed by atoms with Crippen molar-refractivity contribution in [3.8, 4) is 0 Å². The normalized spacial score (nSPS) is 12.4. The summed E-state index contributed by atoms with van der Waals surface area (Å²) in [6.07, 6.45) is 4.05. The third-order valence-corrected chi connectivity index (χ3v) is 3.09. The molecule has 2 rings (SSSR count). The molecule has 3 N–H and O–H groups in total. The Morgan fingerprint density at radius 1 is 1.26 bits per heavy atom. The molecule has 0 bridgehead atoms. The molecule has 0 spiro atoms. The summed E-state index contributed by atoms with van der Waals surface area (Å²) in [5.41, 5.74) is 6.30. The molecule has 0 aliphatic rings. The van der Waals surface area contributed by atoms with Gasteiger partial charge in [0.25, 0.3) is 0 Å². The predicted molar refractivity (Wildman–Crippen MR) is 71.7 cm³/mol. The zero-order valence-corrected chi connectivity index (χ0v) is 11.0. The lowest BCUT2D eigenvalue weighted by Gasteiger charge is -2.16. The lowest BCUT2D eigenvalue weighted by atomic mass is 9.99. The van der Waals surface area contributed by atoms with Gasteiger partial charge in [0.15, 0.2) is 0 Å². The van der Waals surface area contributed by atoms with E-state index < -0.39 is 0 Å². The predicted octanol–water partition coefficient (Wildman–Crippen LogP) is 1.98. The van der Waals surface area contributed by atoms with Crippen molar-refractivity contribution >= 4 is 0 Å². The van der Waals surface area contributed by atoms with E-state index >= 15 is 0 Å². The lowest BCUT2D eigenvalue weighted by molar-refractivity contribution is 0.533. The van der Waals surface area contributed by atoms with Crippen LogP contribution in [-0.4, -0.2) is 9.97 Å². The van der Waals surface area contributed by atoms with Gasteiger partial charge in [-0.15, -0.1) is 0 Å². The molecular weight excluding hydrogens is 243 g/mol. The van der Waals surface area contributed by atoms with Crippen molar-refractivity contribution in [2.45, 2.75) is 26.3 Å². The minimum absolute atomic E-state index is 0.141. The first-order chi connectivity index (χ1) is 9.10. The minimum atomic E-state index is -0.228. The quantitative estimate of drug-likeness (QED) is 0.651. The van der Waals surface area contributed by atoms with Gasteiger partial charge in [-0.25, -0.2) is 4.39 Å². The molecule has 1 heterocycles. The molecular formula is C14H17FN4. The van der Waals surface area contributed by atoms with Crippen LogP contribution in [0, 0.1) is 19.7 Å². The molecule has 5 heteroatoms. The third-order valence-electron chi connectivity index (χ3n) is 3.09. The summed E-state index contributed by atoms with van der Waals surface area (Å²) in [5, 5.41) is 0. The van der Waals surface area contributed by atoms with Crippen LogP contribution in [0.25, 0.3) is 0 Å². The van der Waals surface area contributed by atoms with Crippen LogP contribution in [0.1, 0.15) is 28.6 Å². The maximum atomic E-state index is 13.1. The summed E-state index contributed by atoms with van der Waals surface area (Å²) in [7, 11) is 0. The summed E-state index contributed by atoms with van der Waals surface area (Å²) in [6, 6.07) is 4.61. The average molecular weight is 260 g/mol. The van der Waals surface area contributed by atoms with E-state index in [0.717, 1.165) is 22.5 Å². The van der Waals surface area contributed by atoms with E-state index in [2.05, 4.69) is 15.4 Å². The number of nitrogens with one attached hydrogen (secondary N) is 1. The Morgan fingerprint density at radius 3 is 2.63 bits per heavy atom. The topological polar surface area (TPSA) is 63.8 Å². The van der Waals surface area contributed by atoms with E-state index in [9.17, 15) is 4.39 Å². The molecule has 1 unspecified atom stereocenters. The van der Waals surface area contributed by atoms with Crippen molar-refractivity contribution in [2.75, 3.05) is 0 Å². The molecule has 4 nitrogen and oxygen atoms in total. The molecule has 0 radical (unpaired) electrons. The molecule has 19 heavy (non-hydrogen) atoms. The van der Waals surface area contributed by atoms with Crippen LogP contribution in [0.4, 0.5) is 4.39 Å². The molecule has 1 atom stereocenters. The number of benzene rings is 1. The van der Waals surface area contributed by atoms with Crippen LogP contribution >= 0.6 is 0 Å². The summed E-state index contributed by atoms with van der Waals surface area (Å²) in [4.78, 5) is 8.52. The van der Waals surface area contributed by atoms with Crippen LogP contribution in [0.5, 0.6) is 0 Å². The van der Waals surface area contributed by atoms with Gasteiger partial charge < -0.3 is 0 Å². The second-order valence-electron chi connectivity index (χ2n) is 4.58. The zero-order chi connectivity index (χ0) is 13.8. The van der Waals surface area contributed by atoms with E-state index in [1.807, 2.05) is 13.8 Å². The molecule has 0 fully saturated rings. The first kappa shape index (κ1) is 13.6. The molecule has 0 amide bonds. The summed E-state index contributed by atoms with van der Waals surface area (Å²) in [5.74, 6) is 5.35. The molecule has 2 aromatic rings. The first-order valence-electron chi connectivity index (χ1n) is 6.10. The van der Waals surface area contributed by atoms with Crippen LogP contribution in [-0.2, 0) is 6.42 Å². The standard InChI is InChI=1S/C14H17FN4/c1-9-5-12(15)4-3-11(9)6-13(19-16)14-8-17-10(2)7-18-14/h3-5,7-8,13,19H,6,16H2,1-2H3. The highest BCUT2D eigenvalue weighted by molar-refractivity contribution is 5.28. The van der Waals surface area contributed by atoms with E-state index in [4.69, 9.17) is 5.84 Å². The Morgan fingerprint density at radius 2 is 2.05 bits per heavy atom. The van der Waals surface area contributed by atoms with Crippen molar-refractivity contribution in [3.05, 3.63) is 58.9 Å². The number of hydrogen-bond donors (Lipinski definition) is 2. The van der Waals surface area contributed by atoms with Gasteiger partial charge in [-0.3, -0.25) is 21.2 Å². The van der Waals surface area contributed by atoms with Crippen molar-refractivity contribution in [1.29, 1.82) is 0 Å². The SMILES string of the molecule is Cc1cnc(C(Cc2ccc(F)cc2C)NN)cn1. The summed E-state index contributed by atoms with van der Waals surface area (Å²) < 4.78 is 13.1. The molecule has 0 aliphatic carbocycles. The van der Waals surface area contributed by atoms with E-state index in [0.29, 0.717) is 6.42 Å². The highest BCUT2D eigenvalue weighted by Gasteiger charge is 2.14. The number of aryl methyl sites for hydroxylation is 2. The molecule has 0 saturated heterocycles. The van der Waals surface area contributed by atoms with Crippen LogP contribution < -0.4 is 11.3 Å². The number of hydrogen-bond acceptors (Lipinski definition) is 4. The number of nitrogens with zero attached hydrogens (tertiary/aromatic N) is 2. The fourth-order valence-corrected chi connectivity index (χ4v) is 1.94. The molecule has 1 aromatic carbocycles. The monoisotopic (exact) mass is 260 g/mol. The number of nitrogens with two attached hydrogens (primary N) is 1. The number of rotatable bonds is 4. The highest BCUT2D eigenvalue weighted by atomic mass is 19.1. The third kappa shape index (κ3) is 3.33. The van der Waals surface area contributed by atoms with Crippen LogP contribution in [0.2, 0.25) is 0 Å². The number of aromatic nitrogens is 2. The van der Waals surface area contributed by atoms with Gasteiger partial charge in [-0.2, -0.15) is 0 Å². The van der Waals surface area contributed by atoms with E-state index in [1.165, 1.54) is 12.1 Å². The molecule has 0 saturated carbocycles. The number of halogens is 1. The van der Waals surface area contributed by atoms with Gasteiger partial charge >= 0.3 is 0 Å². The Bertz CT molecular complexity index is 554. The van der Waals surface area contributed by atoms with Gasteiger partial charge in [-0.05, 0) is 43.5 Å².